The van der Waals surface area contributed by atoms with Gasteiger partial charge in [0.2, 0.25) is 11.8 Å². The zero-order valence-corrected chi connectivity index (χ0v) is 33.0. The molecule has 302 valence electrons. The largest absolute Gasteiger partial charge is 0.453 e. The highest BCUT2D eigenvalue weighted by molar-refractivity contribution is 5.87. The van der Waals surface area contributed by atoms with E-state index in [1.807, 2.05) is 24.9 Å². The molecule has 3 fully saturated rings. The van der Waals surface area contributed by atoms with Crippen molar-refractivity contribution in [3.8, 4) is 33.6 Å². The van der Waals surface area contributed by atoms with Gasteiger partial charge in [0.15, 0.2) is 0 Å². The summed E-state index contributed by atoms with van der Waals surface area (Å²) in [5, 5.41) is 4.13. The summed E-state index contributed by atoms with van der Waals surface area (Å²) in [6.07, 6.45) is 8.11. The summed E-state index contributed by atoms with van der Waals surface area (Å²) in [5.41, 5.74) is 8.39. The summed E-state index contributed by atoms with van der Waals surface area (Å²) in [6.45, 7) is 5.28. The Bertz CT molecular complexity index is 2020. The van der Waals surface area contributed by atoms with Crippen LogP contribution in [0.5, 0.6) is 0 Å². The molecule has 3 aliphatic rings. The Morgan fingerprint density at radius 2 is 1.39 bits per heavy atom. The van der Waals surface area contributed by atoms with Crippen LogP contribution in [-0.2, 0) is 23.8 Å². The van der Waals surface area contributed by atoms with Gasteiger partial charge in [0, 0.05) is 36.9 Å². The Labute approximate surface area is 332 Å². The maximum Gasteiger partial charge on any atom is 0.425 e. The van der Waals surface area contributed by atoms with Gasteiger partial charge in [-0.25, -0.2) is 30.0 Å². The fraction of sp³-hybridized carbons (Fsp3) is 0.476. The summed E-state index contributed by atoms with van der Waals surface area (Å²) in [5.74, 6) is 0.692. The number of aromatic nitrogens is 4. The molecule has 2 aromatic carbocycles. The number of likely N-dealkylation sites (tertiary alicyclic amines) is 1. The number of methoxy groups -OCH3 is 2. The van der Waals surface area contributed by atoms with Crippen LogP contribution in [0.4, 0.5) is 9.59 Å². The summed E-state index contributed by atoms with van der Waals surface area (Å²) < 4.78 is 15.1. The molecule has 57 heavy (non-hydrogen) atoms. The number of nitrogens with zero attached hydrogens (tertiary/aromatic N) is 4. The average molecular weight is 781 g/mol. The first-order valence-electron chi connectivity index (χ1n) is 19.9. The number of nitrogens with one attached hydrogen (secondary N) is 4. The first kappa shape index (κ1) is 39.5. The predicted octanol–water partition coefficient (Wildman–Crippen LogP) is 6.34. The highest BCUT2D eigenvalue weighted by Crippen LogP contribution is 2.39. The van der Waals surface area contributed by atoms with Crippen LogP contribution in [0.25, 0.3) is 33.6 Å². The van der Waals surface area contributed by atoms with Gasteiger partial charge in [0.1, 0.15) is 17.7 Å². The Balaban J connectivity index is 1.01. The molecule has 1 aliphatic carbocycles. The van der Waals surface area contributed by atoms with Gasteiger partial charge >= 0.3 is 12.2 Å². The van der Waals surface area contributed by atoms with Crippen LogP contribution >= 0.6 is 0 Å². The molecular weight excluding hydrogens is 729 g/mol. The molecule has 2 saturated heterocycles. The van der Waals surface area contributed by atoms with Crippen LogP contribution in [0.3, 0.4) is 0 Å². The first-order valence-corrected chi connectivity index (χ1v) is 19.9. The number of aromatic amines is 2. The van der Waals surface area contributed by atoms with Crippen molar-refractivity contribution in [2.45, 2.75) is 82.8 Å². The molecule has 0 radical (unpaired) electrons. The second-order valence-corrected chi connectivity index (χ2v) is 15.3. The Hall–Kier alpha value is -5.70. The lowest BCUT2D eigenvalue weighted by Crippen LogP contribution is -2.53. The van der Waals surface area contributed by atoms with Gasteiger partial charge in [0.05, 0.1) is 50.6 Å². The van der Waals surface area contributed by atoms with Gasteiger partial charge in [-0.05, 0) is 68.2 Å². The predicted molar refractivity (Wildman–Crippen MR) is 211 cm³/mol. The van der Waals surface area contributed by atoms with Crippen LogP contribution in [0.2, 0.25) is 0 Å². The van der Waals surface area contributed by atoms with Gasteiger partial charge in [0.25, 0.3) is 0 Å². The molecule has 0 spiro atoms. The smallest absolute Gasteiger partial charge is 0.425 e. The molecule has 3 unspecified atom stereocenters. The molecule has 7 rings (SSSR count). The van der Waals surface area contributed by atoms with E-state index in [1.165, 1.54) is 19.2 Å². The van der Waals surface area contributed by atoms with Gasteiger partial charge in [-0.3, -0.25) is 9.59 Å². The standard InChI is InChI=1S/C42H52N8O7/c1-25(2)50(48-42(54)56-4)39(51)32-9-6-5-8-31(32)37-43-22-33(45-37)28-15-11-26(12-16-28)27-13-17-29(18-14-27)34-23-44-38(46-34)35-10-7-20-49(35)40(52)36(47-41(53)55-3)30-19-21-57-24-30/h11-18,22-23,25,30-32,35-36H,5-10,19-21,24H2,1-4H3,(H,43,45)(H,44,46)(H,47,53)(H,48,54)/t30?,31?,32-,35-,36?/m0/s1. The van der Waals surface area contributed by atoms with E-state index in [0.717, 1.165) is 83.8 Å². The third kappa shape index (κ3) is 8.68. The lowest BCUT2D eigenvalue weighted by Gasteiger charge is -2.35. The molecule has 4 heterocycles. The third-order valence-electron chi connectivity index (χ3n) is 11.5. The minimum atomic E-state index is -0.722. The van der Waals surface area contributed by atoms with Crippen LogP contribution in [-0.4, -0.2) is 99.9 Å². The van der Waals surface area contributed by atoms with Crippen molar-refractivity contribution in [1.29, 1.82) is 0 Å². The van der Waals surface area contributed by atoms with E-state index in [9.17, 15) is 19.2 Å². The summed E-state index contributed by atoms with van der Waals surface area (Å²) >= 11 is 0. The number of hydrazine groups is 1. The van der Waals surface area contributed by atoms with Crippen LogP contribution < -0.4 is 10.7 Å². The number of imidazole rings is 2. The third-order valence-corrected chi connectivity index (χ3v) is 11.5. The number of amides is 4. The SMILES string of the molecule is COC(=O)NC(C(=O)N1CCC[C@H]1c1ncc(-c2ccc(-c3ccc(-c4cnc(C5CCCC[C@@H]5C(=O)N(NC(=O)OC)C(C)C)[nH]4)cc3)cc2)[nH]1)C1CCOC1. The van der Waals surface area contributed by atoms with E-state index >= 15 is 0 Å². The highest BCUT2D eigenvalue weighted by Gasteiger charge is 2.41. The average Bonchev–Trinajstić information content (AvgIpc) is 4.09. The molecule has 0 bridgehead atoms. The molecule has 2 aromatic heterocycles. The number of hydrogen-bond acceptors (Lipinski definition) is 9. The number of benzene rings is 2. The van der Waals surface area contributed by atoms with E-state index in [0.29, 0.717) is 26.2 Å². The summed E-state index contributed by atoms with van der Waals surface area (Å²) in [6, 6.07) is 15.4. The van der Waals surface area contributed by atoms with Crippen LogP contribution in [0.15, 0.2) is 60.9 Å². The van der Waals surface area contributed by atoms with E-state index in [2.05, 4.69) is 69.2 Å². The van der Waals surface area contributed by atoms with Gasteiger partial charge in [-0.2, -0.15) is 0 Å². The molecule has 15 heteroatoms. The maximum atomic E-state index is 13.8. The maximum absolute atomic E-state index is 13.8. The number of hydrogen-bond donors (Lipinski definition) is 4. The second kappa shape index (κ2) is 17.6. The quantitative estimate of drug-likeness (QED) is 0.133. The lowest BCUT2D eigenvalue weighted by atomic mass is 9.78. The number of carbonyl (C=O) groups excluding carboxylic acids is 4. The molecule has 1 saturated carbocycles. The molecule has 2 aliphatic heterocycles. The fourth-order valence-electron chi connectivity index (χ4n) is 8.40. The van der Waals surface area contributed by atoms with Crippen molar-refractivity contribution in [2.24, 2.45) is 11.8 Å². The van der Waals surface area contributed by atoms with Crippen LogP contribution in [0, 0.1) is 11.8 Å². The van der Waals surface area contributed by atoms with E-state index in [-0.39, 0.29) is 41.7 Å². The Morgan fingerprint density at radius 3 is 1.98 bits per heavy atom. The zero-order chi connectivity index (χ0) is 40.1. The molecule has 4 amide bonds. The van der Waals surface area contributed by atoms with E-state index < -0.39 is 18.2 Å². The van der Waals surface area contributed by atoms with Crippen molar-refractivity contribution >= 4 is 24.0 Å². The van der Waals surface area contributed by atoms with Crippen molar-refractivity contribution < 1.29 is 33.4 Å². The van der Waals surface area contributed by atoms with Gasteiger partial charge in [-0.15, -0.1) is 0 Å². The highest BCUT2D eigenvalue weighted by atomic mass is 16.5. The van der Waals surface area contributed by atoms with Gasteiger partial charge in [-0.1, -0.05) is 61.4 Å². The Kier molecular flexibility index (Phi) is 12.2. The molecule has 4 aromatic rings. The van der Waals surface area contributed by atoms with Crippen molar-refractivity contribution in [3.63, 3.8) is 0 Å². The minimum absolute atomic E-state index is 0.0937. The topological polar surface area (TPSA) is 184 Å². The summed E-state index contributed by atoms with van der Waals surface area (Å²) in [7, 11) is 2.57. The van der Waals surface area contributed by atoms with Crippen molar-refractivity contribution in [2.75, 3.05) is 34.0 Å². The normalized spacial score (nSPS) is 21.2. The molecule has 5 atom stereocenters. The van der Waals surface area contributed by atoms with Crippen molar-refractivity contribution in [3.05, 3.63) is 72.6 Å². The first-order chi connectivity index (χ1) is 27.6. The zero-order valence-electron chi connectivity index (χ0n) is 33.0. The summed E-state index contributed by atoms with van der Waals surface area (Å²) in [4.78, 5) is 69.9. The Morgan fingerprint density at radius 1 is 0.789 bits per heavy atom. The van der Waals surface area contributed by atoms with Crippen molar-refractivity contribution in [1.82, 2.24) is 40.6 Å². The van der Waals surface area contributed by atoms with E-state index in [4.69, 9.17) is 24.2 Å². The molecule has 15 nitrogen and oxygen atoms in total. The number of ether oxygens (including phenoxy) is 3. The van der Waals surface area contributed by atoms with Crippen LogP contribution in [0.1, 0.15) is 82.4 Å². The van der Waals surface area contributed by atoms with Gasteiger partial charge < -0.3 is 34.4 Å². The number of rotatable bonds is 10. The molecular formula is C42H52N8O7. The fourth-order valence-corrected chi connectivity index (χ4v) is 8.40. The molecule has 4 N–H and O–H groups in total. The number of carbonyl (C=O) groups is 4. The minimum Gasteiger partial charge on any atom is -0.453 e. The monoisotopic (exact) mass is 780 g/mol. The van der Waals surface area contributed by atoms with E-state index in [1.54, 1.807) is 6.20 Å². The lowest BCUT2D eigenvalue weighted by molar-refractivity contribution is -0.142. The number of H-pyrrole nitrogens is 2. The second-order valence-electron chi connectivity index (χ2n) is 15.3. The number of alkyl carbamates (subject to hydrolysis) is 1.